The molecule has 0 spiro atoms. The Hall–Kier alpha value is -2.57. The zero-order valence-electron chi connectivity index (χ0n) is 16.5. The Balaban J connectivity index is 1.90. The van der Waals surface area contributed by atoms with Crippen molar-refractivity contribution >= 4 is 11.7 Å². The van der Waals surface area contributed by atoms with Crippen LogP contribution in [-0.2, 0) is 19.4 Å². The van der Waals surface area contributed by atoms with Gasteiger partial charge in [0, 0.05) is 39.3 Å². The number of nitrogens with one attached hydrogen (secondary N) is 1. The van der Waals surface area contributed by atoms with E-state index in [1.165, 1.54) is 16.8 Å². The van der Waals surface area contributed by atoms with Crippen LogP contribution < -0.4 is 10.2 Å². The fraction of sp³-hybridized carbons (Fsp3) is 0.526. The molecule has 1 N–H and O–H groups in total. The third-order valence-corrected chi connectivity index (χ3v) is 4.28. The van der Waals surface area contributed by atoms with E-state index in [2.05, 4.69) is 45.5 Å². The van der Waals surface area contributed by atoms with Crippen LogP contribution >= 0.6 is 0 Å². The van der Waals surface area contributed by atoms with Crippen LogP contribution in [0.1, 0.15) is 36.7 Å². The maximum Gasteiger partial charge on any atom is 0.317 e. The van der Waals surface area contributed by atoms with Gasteiger partial charge in [-0.2, -0.15) is 4.98 Å². The molecule has 0 aliphatic heterocycles. The van der Waals surface area contributed by atoms with Crippen molar-refractivity contribution in [2.75, 3.05) is 26.0 Å². The van der Waals surface area contributed by atoms with Crippen molar-refractivity contribution < 1.29 is 9.32 Å². The van der Waals surface area contributed by atoms with Crippen molar-refractivity contribution in [3.8, 4) is 0 Å². The Morgan fingerprint density at radius 1 is 1.31 bits per heavy atom. The number of anilines is 1. The van der Waals surface area contributed by atoms with Crippen LogP contribution in [0.4, 0.5) is 10.5 Å². The molecule has 7 nitrogen and oxygen atoms in total. The van der Waals surface area contributed by atoms with Gasteiger partial charge < -0.3 is 19.6 Å². The highest BCUT2D eigenvalue weighted by molar-refractivity contribution is 5.74. The standard InChI is InChI=1S/C19H29N5O2/c1-7-17-21-18(26-22-17)12-24(6)19(25)20-14(3)11-15-8-9-16(23(4)5)10-13(15)2/h8-10,14H,7,11-12H2,1-6H3,(H,20,25). The molecule has 0 radical (unpaired) electrons. The fourth-order valence-electron chi connectivity index (χ4n) is 2.66. The van der Waals surface area contributed by atoms with Gasteiger partial charge in [-0.05, 0) is 43.5 Å². The molecule has 26 heavy (non-hydrogen) atoms. The van der Waals surface area contributed by atoms with E-state index in [4.69, 9.17) is 4.52 Å². The lowest BCUT2D eigenvalue weighted by molar-refractivity contribution is 0.196. The van der Waals surface area contributed by atoms with Gasteiger partial charge in [-0.3, -0.25) is 0 Å². The van der Waals surface area contributed by atoms with Crippen molar-refractivity contribution in [3.63, 3.8) is 0 Å². The second-order valence-corrected chi connectivity index (χ2v) is 6.87. The molecule has 1 heterocycles. The van der Waals surface area contributed by atoms with Gasteiger partial charge in [0.15, 0.2) is 5.82 Å². The van der Waals surface area contributed by atoms with Gasteiger partial charge in [-0.15, -0.1) is 0 Å². The summed E-state index contributed by atoms with van der Waals surface area (Å²) in [7, 11) is 5.77. The highest BCUT2D eigenvalue weighted by Gasteiger charge is 2.16. The van der Waals surface area contributed by atoms with Gasteiger partial charge in [0.05, 0.1) is 0 Å². The minimum absolute atomic E-state index is 0.0164. The van der Waals surface area contributed by atoms with Crippen LogP contribution in [0.15, 0.2) is 22.7 Å². The average molecular weight is 359 g/mol. The zero-order valence-corrected chi connectivity index (χ0v) is 16.5. The molecular formula is C19H29N5O2. The number of carbonyl (C=O) groups is 1. The number of nitrogens with zero attached hydrogens (tertiary/aromatic N) is 4. The molecule has 2 aromatic rings. The summed E-state index contributed by atoms with van der Waals surface area (Å²) in [5.41, 5.74) is 3.63. The van der Waals surface area contributed by atoms with Crippen LogP contribution in [0.25, 0.3) is 0 Å². The molecule has 1 aromatic heterocycles. The van der Waals surface area contributed by atoms with Crippen LogP contribution in [0, 0.1) is 6.92 Å². The first-order valence-corrected chi connectivity index (χ1v) is 8.90. The summed E-state index contributed by atoms with van der Waals surface area (Å²) in [6.45, 7) is 6.36. The molecule has 1 atom stereocenters. The lowest BCUT2D eigenvalue weighted by Gasteiger charge is -2.21. The SMILES string of the molecule is CCc1noc(CN(C)C(=O)NC(C)Cc2ccc(N(C)C)cc2C)n1. The first kappa shape index (κ1) is 19.8. The summed E-state index contributed by atoms with van der Waals surface area (Å²) in [5, 5.41) is 6.87. The van der Waals surface area contributed by atoms with Gasteiger partial charge in [-0.1, -0.05) is 18.1 Å². The fourth-order valence-corrected chi connectivity index (χ4v) is 2.66. The van der Waals surface area contributed by atoms with E-state index in [0.717, 1.165) is 6.42 Å². The lowest BCUT2D eigenvalue weighted by atomic mass is 10.0. The van der Waals surface area contributed by atoms with Gasteiger partial charge in [0.2, 0.25) is 5.89 Å². The number of hydrogen-bond acceptors (Lipinski definition) is 5. The third kappa shape index (κ3) is 5.21. The molecule has 2 rings (SSSR count). The number of urea groups is 1. The zero-order chi connectivity index (χ0) is 19.3. The molecule has 1 unspecified atom stereocenters. The molecule has 0 bridgehead atoms. The van der Waals surface area contributed by atoms with Gasteiger partial charge in [0.25, 0.3) is 0 Å². The highest BCUT2D eigenvalue weighted by atomic mass is 16.5. The summed E-state index contributed by atoms with van der Waals surface area (Å²) in [6.07, 6.45) is 1.49. The molecular weight excluding hydrogens is 330 g/mol. The Bertz CT molecular complexity index is 741. The summed E-state index contributed by atoms with van der Waals surface area (Å²) >= 11 is 0. The third-order valence-electron chi connectivity index (χ3n) is 4.28. The van der Waals surface area contributed by atoms with Crippen LogP contribution in [-0.4, -0.2) is 48.3 Å². The first-order valence-electron chi connectivity index (χ1n) is 8.90. The largest absolute Gasteiger partial charge is 0.378 e. The molecule has 2 amide bonds. The maximum absolute atomic E-state index is 12.4. The molecule has 7 heteroatoms. The van der Waals surface area contributed by atoms with Gasteiger partial charge >= 0.3 is 6.03 Å². The number of amides is 2. The van der Waals surface area contributed by atoms with E-state index in [9.17, 15) is 4.79 Å². The molecule has 1 aromatic carbocycles. The van der Waals surface area contributed by atoms with Crippen molar-refractivity contribution in [2.45, 2.75) is 46.2 Å². The smallest absolute Gasteiger partial charge is 0.317 e. The summed E-state index contributed by atoms with van der Waals surface area (Å²) < 4.78 is 5.14. The van der Waals surface area contributed by atoms with Crippen molar-refractivity contribution in [2.24, 2.45) is 0 Å². The number of rotatable bonds is 7. The Morgan fingerprint density at radius 3 is 2.62 bits per heavy atom. The Morgan fingerprint density at radius 2 is 2.04 bits per heavy atom. The number of hydrogen-bond donors (Lipinski definition) is 1. The van der Waals surface area contributed by atoms with E-state index in [1.807, 2.05) is 27.9 Å². The summed E-state index contributed by atoms with van der Waals surface area (Å²) in [6, 6.07) is 6.25. The van der Waals surface area contributed by atoms with Crippen molar-refractivity contribution in [1.82, 2.24) is 20.4 Å². The molecule has 0 saturated carbocycles. The summed E-state index contributed by atoms with van der Waals surface area (Å²) in [5.74, 6) is 1.10. The topological polar surface area (TPSA) is 74.5 Å². The maximum atomic E-state index is 12.4. The number of aromatic nitrogens is 2. The van der Waals surface area contributed by atoms with E-state index < -0.39 is 0 Å². The molecule has 0 aliphatic carbocycles. The number of aryl methyl sites for hydroxylation is 2. The molecule has 0 fully saturated rings. The van der Waals surface area contributed by atoms with Crippen LogP contribution in [0.3, 0.4) is 0 Å². The lowest BCUT2D eigenvalue weighted by Crippen LogP contribution is -2.42. The quantitative estimate of drug-likeness (QED) is 0.823. The van der Waals surface area contributed by atoms with E-state index in [-0.39, 0.29) is 12.1 Å². The minimum Gasteiger partial charge on any atom is -0.378 e. The predicted octanol–water partition coefficient (Wildman–Crippen LogP) is 2.78. The first-order chi connectivity index (χ1) is 12.3. The molecule has 0 saturated heterocycles. The normalized spacial score (nSPS) is 11.9. The van der Waals surface area contributed by atoms with Crippen LogP contribution in [0.2, 0.25) is 0 Å². The summed E-state index contributed by atoms with van der Waals surface area (Å²) in [4.78, 5) is 20.2. The van der Waals surface area contributed by atoms with E-state index >= 15 is 0 Å². The predicted molar refractivity (Wildman–Crippen MR) is 102 cm³/mol. The number of carbonyl (C=O) groups excluding carboxylic acids is 1. The Kier molecular flexibility index (Phi) is 6.60. The Labute approximate surface area is 155 Å². The second-order valence-electron chi connectivity index (χ2n) is 6.87. The minimum atomic E-state index is -0.156. The monoisotopic (exact) mass is 359 g/mol. The van der Waals surface area contributed by atoms with E-state index in [0.29, 0.717) is 24.7 Å². The van der Waals surface area contributed by atoms with Crippen molar-refractivity contribution in [1.29, 1.82) is 0 Å². The number of benzene rings is 1. The van der Waals surface area contributed by atoms with Gasteiger partial charge in [0.1, 0.15) is 6.54 Å². The highest BCUT2D eigenvalue weighted by Crippen LogP contribution is 2.18. The second kappa shape index (κ2) is 8.69. The average Bonchev–Trinajstić information content (AvgIpc) is 3.03. The van der Waals surface area contributed by atoms with Gasteiger partial charge in [-0.25, -0.2) is 4.79 Å². The molecule has 0 aliphatic rings. The van der Waals surface area contributed by atoms with E-state index in [1.54, 1.807) is 11.9 Å². The van der Waals surface area contributed by atoms with Crippen LogP contribution in [0.5, 0.6) is 0 Å². The van der Waals surface area contributed by atoms with Crippen molar-refractivity contribution in [3.05, 3.63) is 41.0 Å². The molecule has 142 valence electrons.